The maximum absolute atomic E-state index is 12.9. The molecule has 39 heavy (non-hydrogen) atoms. The highest BCUT2D eigenvalue weighted by Crippen LogP contribution is 2.33. The van der Waals surface area contributed by atoms with Crippen molar-refractivity contribution in [3.05, 3.63) is 69.7 Å². The molecule has 5 atom stereocenters. The molecule has 3 aliphatic rings. The molecule has 2 unspecified atom stereocenters. The van der Waals surface area contributed by atoms with Gasteiger partial charge in [-0.2, -0.15) is 0 Å². The Morgan fingerprint density at radius 3 is 2.56 bits per heavy atom. The molecule has 0 saturated carbocycles. The number of imide groups is 1. The number of carbonyl (C=O) groups excluding carboxylic acids is 3. The van der Waals surface area contributed by atoms with Crippen molar-refractivity contribution in [3.63, 3.8) is 0 Å². The first-order valence-electron chi connectivity index (χ1n) is 12.1. The number of ether oxygens (including phenoxy) is 1. The van der Waals surface area contributed by atoms with E-state index in [4.69, 9.17) is 33.7 Å². The van der Waals surface area contributed by atoms with Gasteiger partial charge in [-0.3, -0.25) is 14.5 Å². The number of nitrogens with zero attached hydrogens (tertiary/aromatic N) is 5. The molecule has 0 aromatic heterocycles. The summed E-state index contributed by atoms with van der Waals surface area (Å²) in [5, 5.41) is 30.3. The van der Waals surface area contributed by atoms with Crippen LogP contribution in [-0.2, 0) is 20.9 Å². The summed E-state index contributed by atoms with van der Waals surface area (Å²) in [5.41, 5.74) is 6.74. The minimum absolute atomic E-state index is 0.0379. The third kappa shape index (κ3) is 5.25. The van der Waals surface area contributed by atoms with Crippen molar-refractivity contribution in [2.24, 2.45) is 16.1 Å². The number of aliphatic hydroxyl groups excluding tert-OH is 2. The lowest BCUT2D eigenvalue weighted by Gasteiger charge is -2.20. The highest BCUT2D eigenvalue weighted by Gasteiger charge is 2.53. The number of amides is 4. The third-order valence-electron chi connectivity index (χ3n) is 6.89. The fourth-order valence-electron chi connectivity index (χ4n) is 4.89. The van der Waals surface area contributed by atoms with Gasteiger partial charge in [-0.1, -0.05) is 59.6 Å². The van der Waals surface area contributed by atoms with Gasteiger partial charge in [0.2, 0.25) is 18.2 Å². The molecule has 204 valence electrons. The van der Waals surface area contributed by atoms with Crippen molar-refractivity contribution in [1.82, 2.24) is 9.80 Å². The molecule has 0 aliphatic carbocycles. The lowest BCUT2D eigenvalue weighted by Crippen LogP contribution is -2.42. The first kappa shape index (κ1) is 27.2. The molecular weight excluding hydrogens is 551 g/mol. The summed E-state index contributed by atoms with van der Waals surface area (Å²) in [6.07, 6.45) is -4.81. The van der Waals surface area contributed by atoms with Crippen molar-refractivity contribution in [1.29, 1.82) is 0 Å². The SMILES string of the molecule is NC(=O)C1=NN=[N+]([C@@H]2O[C@H](CCN3C(=O)CN(Cc4ccc(Cl)cc4Cl)C3=O)C(O)[C@H]2O)C1c1ccccc1. The van der Waals surface area contributed by atoms with Crippen LogP contribution in [0.3, 0.4) is 0 Å². The van der Waals surface area contributed by atoms with Crippen LogP contribution in [0.1, 0.15) is 23.6 Å². The van der Waals surface area contributed by atoms with E-state index in [2.05, 4.69) is 10.3 Å². The summed E-state index contributed by atoms with van der Waals surface area (Å²) in [7, 11) is 0. The zero-order valence-electron chi connectivity index (χ0n) is 20.4. The molecule has 0 bridgehead atoms. The van der Waals surface area contributed by atoms with E-state index in [9.17, 15) is 24.6 Å². The number of urea groups is 1. The smallest absolute Gasteiger partial charge is 0.327 e. The molecule has 2 aromatic carbocycles. The maximum atomic E-state index is 12.9. The minimum Gasteiger partial charge on any atom is -0.387 e. The van der Waals surface area contributed by atoms with Gasteiger partial charge in [0.05, 0.1) is 11.2 Å². The first-order chi connectivity index (χ1) is 18.7. The van der Waals surface area contributed by atoms with Gasteiger partial charge >= 0.3 is 6.03 Å². The predicted molar refractivity (Wildman–Crippen MR) is 138 cm³/mol. The lowest BCUT2D eigenvalue weighted by atomic mass is 10.0. The number of halogens is 2. The lowest BCUT2D eigenvalue weighted by molar-refractivity contribution is -0.689. The Hall–Kier alpha value is -3.42. The summed E-state index contributed by atoms with van der Waals surface area (Å²) in [5.74, 6) is -1.19. The normalized spacial score (nSPS) is 26.8. The second kappa shape index (κ2) is 11.0. The molecule has 4 amide bonds. The summed E-state index contributed by atoms with van der Waals surface area (Å²) >= 11 is 12.1. The number of hydrogen-bond acceptors (Lipinski definition) is 8. The van der Waals surface area contributed by atoms with E-state index in [1.807, 2.05) is 0 Å². The summed E-state index contributed by atoms with van der Waals surface area (Å²) in [6.45, 7) is -0.0539. The quantitative estimate of drug-likeness (QED) is 0.320. The number of aliphatic hydroxyl groups is 2. The van der Waals surface area contributed by atoms with E-state index in [1.165, 1.54) is 9.60 Å². The Labute approximate surface area is 232 Å². The zero-order valence-corrected chi connectivity index (χ0v) is 21.9. The molecule has 14 heteroatoms. The number of rotatable bonds is 8. The van der Waals surface area contributed by atoms with Gasteiger partial charge in [-0.15, -0.1) is 4.70 Å². The fourth-order valence-corrected chi connectivity index (χ4v) is 5.36. The van der Waals surface area contributed by atoms with Crippen LogP contribution in [0.2, 0.25) is 10.0 Å². The third-order valence-corrected chi connectivity index (χ3v) is 7.47. The highest BCUT2D eigenvalue weighted by molar-refractivity contribution is 6.40. The fraction of sp³-hybridized carbons (Fsp3) is 0.360. The number of hydrogen-bond donors (Lipinski definition) is 3. The Bertz CT molecular complexity index is 1370. The van der Waals surface area contributed by atoms with E-state index < -0.39 is 48.4 Å². The minimum atomic E-state index is -1.42. The number of carbonyl (C=O) groups is 3. The standard InChI is InChI=1S/C25H24Cl2N6O6/c26-15-7-6-14(16(27)10-15)11-31-12-18(34)32(25(31)38)9-8-17-21(35)22(36)24(39-17)33-20(13-4-2-1-3-5-13)19(23(28)37)29-30-33/h1-7,10,17,20-22,24,35-36H,8-9,11-12H2,(H-,28,37)/p+1/t17-,20?,21?,22-,24-/m1/s1. The van der Waals surface area contributed by atoms with Gasteiger partial charge in [0.25, 0.3) is 11.6 Å². The Kier molecular flexibility index (Phi) is 7.65. The van der Waals surface area contributed by atoms with E-state index >= 15 is 0 Å². The maximum Gasteiger partial charge on any atom is 0.327 e. The van der Waals surface area contributed by atoms with E-state index in [0.717, 1.165) is 4.90 Å². The number of benzene rings is 2. The summed E-state index contributed by atoms with van der Waals surface area (Å²) in [6, 6.07) is 12.4. The van der Waals surface area contributed by atoms with Crippen molar-refractivity contribution < 1.29 is 34.0 Å². The van der Waals surface area contributed by atoms with Gasteiger partial charge in [0, 0.05) is 28.7 Å². The van der Waals surface area contributed by atoms with Crippen LogP contribution in [0.25, 0.3) is 0 Å². The number of primary amides is 1. The van der Waals surface area contributed by atoms with Gasteiger partial charge in [-0.05, 0) is 24.1 Å². The molecule has 4 N–H and O–H groups in total. The predicted octanol–water partition coefficient (Wildman–Crippen LogP) is 1.66. The molecular formula is C25H25Cl2N6O6+. The second-order valence-electron chi connectivity index (χ2n) is 9.39. The van der Waals surface area contributed by atoms with Gasteiger partial charge in [-0.25, -0.2) is 4.79 Å². The average molecular weight is 576 g/mol. The van der Waals surface area contributed by atoms with Gasteiger partial charge in [0.15, 0.2) is 6.10 Å². The number of nitrogens with two attached hydrogens (primary N) is 1. The Balaban J connectivity index is 1.25. The van der Waals surface area contributed by atoms with Crippen molar-refractivity contribution in [2.45, 2.75) is 43.5 Å². The van der Waals surface area contributed by atoms with Crippen molar-refractivity contribution in [3.8, 4) is 0 Å². The van der Waals surface area contributed by atoms with E-state index in [-0.39, 0.29) is 31.8 Å². The van der Waals surface area contributed by atoms with Crippen LogP contribution in [0.4, 0.5) is 4.79 Å². The van der Waals surface area contributed by atoms with Crippen LogP contribution in [0, 0.1) is 0 Å². The van der Waals surface area contributed by atoms with E-state index in [1.54, 1.807) is 48.5 Å². The van der Waals surface area contributed by atoms with Crippen LogP contribution >= 0.6 is 23.2 Å². The van der Waals surface area contributed by atoms with Gasteiger partial charge < -0.3 is 25.6 Å². The average Bonchev–Trinajstić information content (AvgIpc) is 3.55. The van der Waals surface area contributed by atoms with Crippen LogP contribution in [0.15, 0.2) is 58.9 Å². The highest BCUT2D eigenvalue weighted by atomic mass is 35.5. The summed E-state index contributed by atoms with van der Waals surface area (Å²) < 4.78 is 7.23. The largest absolute Gasteiger partial charge is 0.387 e. The van der Waals surface area contributed by atoms with Crippen molar-refractivity contribution >= 4 is 46.8 Å². The second-order valence-corrected chi connectivity index (χ2v) is 10.2. The Morgan fingerprint density at radius 1 is 1.13 bits per heavy atom. The van der Waals surface area contributed by atoms with Crippen molar-refractivity contribution in [2.75, 3.05) is 13.1 Å². The van der Waals surface area contributed by atoms with E-state index in [0.29, 0.717) is 21.2 Å². The first-order valence-corrected chi connectivity index (χ1v) is 12.9. The van der Waals surface area contributed by atoms with Crippen LogP contribution < -0.4 is 5.73 Å². The molecule has 2 aromatic rings. The molecule has 5 rings (SSSR count). The monoisotopic (exact) mass is 575 g/mol. The molecule has 12 nitrogen and oxygen atoms in total. The molecule has 2 saturated heterocycles. The molecule has 2 fully saturated rings. The Morgan fingerprint density at radius 2 is 1.87 bits per heavy atom. The van der Waals surface area contributed by atoms with Crippen LogP contribution in [-0.4, -0.2) is 85.9 Å². The van der Waals surface area contributed by atoms with Crippen LogP contribution in [0.5, 0.6) is 0 Å². The molecule has 0 radical (unpaired) electrons. The molecule has 0 spiro atoms. The summed E-state index contributed by atoms with van der Waals surface area (Å²) in [4.78, 5) is 40.0. The van der Waals surface area contributed by atoms with Gasteiger partial charge in [0.1, 0.15) is 17.9 Å². The molecule has 3 aliphatic heterocycles. The topological polar surface area (TPSA) is 161 Å². The molecule has 3 heterocycles. The zero-order chi connectivity index (χ0) is 27.8.